The summed E-state index contributed by atoms with van der Waals surface area (Å²) in [6, 6.07) is 5.78. The summed E-state index contributed by atoms with van der Waals surface area (Å²) in [5.41, 5.74) is 0.385. The van der Waals surface area contributed by atoms with E-state index in [0.717, 1.165) is 12.8 Å². The van der Waals surface area contributed by atoms with E-state index in [1.807, 2.05) is 6.92 Å². The molecule has 0 bridgehead atoms. The Labute approximate surface area is 171 Å². The molecular formula is C19H27N3O6S. The quantitative estimate of drug-likeness (QED) is 0.564. The van der Waals surface area contributed by atoms with Gasteiger partial charge in [-0.1, -0.05) is 13.3 Å². The number of rotatable bonds is 10. The Morgan fingerprint density at radius 1 is 1.24 bits per heavy atom. The molecule has 0 spiro atoms. The third kappa shape index (κ3) is 6.53. The minimum absolute atomic E-state index is 0.0956. The molecule has 0 saturated carbocycles. The zero-order valence-corrected chi connectivity index (χ0v) is 17.5. The number of carbonyl (C=O) groups excluding carboxylic acids is 3. The van der Waals surface area contributed by atoms with Crippen LogP contribution in [-0.4, -0.2) is 68.7 Å². The maximum atomic E-state index is 12.5. The third-order valence-corrected chi connectivity index (χ3v) is 6.40. The fourth-order valence-corrected chi connectivity index (χ4v) is 4.02. The van der Waals surface area contributed by atoms with Crippen LogP contribution in [0.1, 0.15) is 32.6 Å². The van der Waals surface area contributed by atoms with E-state index in [-0.39, 0.29) is 17.3 Å². The van der Waals surface area contributed by atoms with E-state index >= 15 is 0 Å². The lowest BCUT2D eigenvalue weighted by Gasteiger charge is -2.17. The Balaban J connectivity index is 1.83. The molecule has 1 fully saturated rings. The summed E-state index contributed by atoms with van der Waals surface area (Å²) >= 11 is 0. The topological polar surface area (TPSA) is 113 Å². The first-order valence-electron chi connectivity index (χ1n) is 9.53. The standard InChI is InChI=1S/C19H27N3O6S/c1-3-4-11-21(2)29(26,27)16-9-7-15(8-10-16)20-17(23)14-28-19(25)13-22-12-5-6-18(22)24/h7-10H,3-6,11-14H2,1-2H3,(H,20,23). The maximum Gasteiger partial charge on any atom is 0.326 e. The highest BCUT2D eigenvalue weighted by atomic mass is 32.2. The second-order valence-corrected chi connectivity index (χ2v) is 8.88. The average molecular weight is 426 g/mol. The van der Waals surface area contributed by atoms with Gasteiger partial charge in [-0.15, -0.1) is 0 Å². The Morgan fingerprint density at radius 2 is 1.93 bits per heavy atom. The molecule has 1 saturated heterocycles. The summed E-state index contributed by atoms with van der Waals surface area (Å²) in [6.07, 6.45) is 2.80. The molecule has 1 aliphatic rings. The van der Waals surface area contributed by atoms with Gasteiger partial charge in [0.1, 0.15) is 6.54 Å². The number of hydrogen-bond acceptors (Lipinski definition) is 6. The zero-order chi connectivity index (χ0) is 21.4. The van der Waals surface area contributed by atoms with Crippen LogP contribution in [0.2, 0.25) is 0 Å². The van der Waals surface area contributed by atoms with Gasteiger partial charge in [-0.2, -0.15) is 0 Å². The van der Waals surface area contributed by atoms with Crippen molar-refractivity contribution in [2.75, 3.05) is 38.6 Å². The Morgan fingerprint density at radius 3 is 2.52 bits per heavy atom. The van der Waals surface area contributed by atoms with Gasteiger partial charge < -0.3 is 15.0 Å². The van der Waals surface area contributed by atoms with Gasteiger partial charge in [0.05, 0.1) is 4.90 Å². The largest absolute Gasteiger partial charge is 0.454 e. The van der Waals surface area contributed by atoms with E-state index in [2.05, 4.69) is 5.32 Å². The van der Waals surface area contributed by atoms with Gasteiger partial charge in [-0.25, -0.2) is 12.7 Å². The van der Waals surface area contributed by atoms with Gasteiger partial charge in [0.2, 0.25) is 15.9 Å². The summed E-state index contributed by atoms with van der Waals surface area (Å²) in [4.78, 5) is 36.7. The number of carbonyl (C=O) groups is 3. The van der Waals surface area contributed by atoms with Crippen LogP contribution in [0.3, 0.4) is 0 Å². The fraction of sp³-hybridized carbons (Fsp3) is 0.526. The van der Waals surface area contributed by atoms with Crippen molar-refractivity contribution in [2.24, 2.45) is 0 Å². The summed E-state index contributed by atoms with van der Waals surface area (Å²) in [5.74, 6) is -1.30. The number of sulfonamides is 1. The van der Waals surface area contributed by atoms with Crippen molar-refractivity contribution in [3.8, 4) is 0 Å². The molecule has 0 unspecified atom stereocenters. The summed E-state index contributed by atoms with van der Waals surface area (Å²) in [7, 11) is -2.04. The fourth-order valence-electron chi connectivity index (χ4n) is 2.81. The predicted octanol–water partition coefficient (Wildman–Crippen LogP) is 1.21. The monoisotopic (exact) mass is 425 g/mol. The number of benzene rings is 1. The highest BCUT2D eigenvalue weighted by Crippen LogP contribution is 2.18. The SMILES string of the molecule is CCCCN(C)S(=O)(=O)c1ccc(NC(=O)COC(=O)CN2CCCC2=O)cc1. The van der Waals surface area contributed by atoms with Crippen molar-refractivity contribution < 1.29 is 27.5 Å². The van der Waals surface area contributed by atoms with Gasteiger partial charge in [-0.05, 0) is 37.1 Å². The van der Waals surface area contributed by atoms with Crippen LogP contribution in [0.15, 0.2) is 29.2 Å². The Hall–Kier alpha value is -2.46. The van der Waals surface area contributed by atoms with E-state index in [0.29, 0.717) is 31.6 Å². The smallest absolute Gasteiger partial charge is 0.326 e. The van der Waals surface area contributed by atoms with Crippen LogP contribution in [0.25, 0.3) is 0 Å². The van der Waals surface area contributed by atoms with Crippen LogP contribution in [0, 0.1) is 0 Å². The van der Waals surface area contributed by atoms with E-state index in [4.69, 9.17) is 4.74 Å². The molecule has 0 aromatic heterocycles. The number of likely N-dealkylation sites (tertiary alicyclic amines) is 1. The van der Waals surface area contributed by atoms with Crippen molar-refractivity contribution in [3.05, 3.63) is 24.3 Å². The first kappa shape index (κ1) is 22.8. The number of hydrogen-bond donors (Lipinski definition) is 1. The van der Waals surface area contributed by atoms with Gasteiger partial charge in [-0.3, -0.25) is 14.4 Å². The molecule has 0 aliphatic carbocycles. The number of nitrogens with one attached hydrogen (secondary N) is 1. The minimum Gasteiger partial charge on any atom is -0.454 e. The van der Waals surface area contributed by atoms with Crippen LogP contribution in [0.5, 0.6) is 0 Å². The molecule has 1 heterocycles. The van der Waals surface area contributed by atoms with Gasteiger partial charge >= 0.3 is 5.97 Å². The summed E-state index contributed by atoms with van der Waals surface area (Å²) in [6.45, 7) is 2.29. The Kier molecular flexibility index (Phi) is 8.15. The summed E-state index contributed by atoms with van der Waals surface area (Å²) < 4.78 is 31.1. The predicted molar refractivity (Wildman–Crippen MR) is 107 cm³/mol. The van der Waals surface area contributed by atoms with E-state index in [9.17, 15) is 22.8 Å². The number of ether oxygens (including phenoxy) is 1. The van der Waals surface area contributed by atoms with E-state index in [1.165, 1.54) is 40.5 Å². The van der Waals surface area contributed by atoms with Crippen LogP contribution < -0.4 is 5.32 Å². The molecule has 9 nitrogen and oxygen atoms in total. The molecule has 1 aromatic rings. The number of anilines is 1. The second kappa shape index (κ2) is 10.4. The molecule has 160 valence electrons. The van der Waals surface area contributed by atoms with Crippen LogP contribution in [0.4, 0.5) is 5.69 Å². The van der Waals surface area contributed by atoms with Crippen molar-refractivity contribution in [1.82, 2.24) is 9.21 Å². The molecule has 2 rings (SSSR count). The van der Waals surface area contributed by atoms with Crippen LogP contribution >= 0.6 is 0 Å². The molecule has 1 N–H and O–H groups in total. The van der Waals surface area contributed by atoms with Crippen LogP contribution in [-0.2, 0) is 29.1 Å². The molecule has 1 aromatic carbocycles. The van der Waals surface area contributed by atoms with Gasteiger partial charge in [0.25, 0.3) is 5.91 Å². The molecule has 10 heteroatoms. The molecular weight excluding hydrogens is 398 g/mol. The minimum atomic E-state index is -3.57. The van der Waals surface area contributed by atoms with Gasteiger partial charge in [0.15, 0.2) is 6.61 Å². The third-order valence-electron chi connectivity index (χ3n) is 4.53. The number of esters is 1. The lowest BCUT2D eigenvalue weighted by atomic mass is 10.3. The maximum absolute atomic E-state index is 12.5. The highest BCUT2D eigenvalue weighted by molar-refractivity contribution is 7.89. The van der Waals surface area contributed by atoms with E-state index in [1.54, 1.807) is 0 Å². The lowest BCUT2D eigenvalue weighted by Crippen LogP contribution is -2.33. The highest BCUT2D eigenvalue weighted by Gasteiger charge is 2.23. The van der Waals surface area contributed by atoms with E-state index < -0.39 is 28.5 Å². The normalized spacial score (nSPS) is 14.3. The van der Waals surface area contributed by atoms with Crippen molar-refractivity contribution in [2.45, 2.75) is 37.5 Å². The number of unbranched alkanes of at least 4 members (excludes halogenated alkanes) is 1. The zero-order valence-electron chi connectivity index (χ0n) is 16.7. The average Bonchev–Trinajstić information content (AvgIpc) is 3.09. The second-order valence-electron chi connectivity index (χ2n) is 6.83. The summed E-state index contributed by atoms with van der Waals surface area (Å²) in [5, 5.41) is 2.54. The first-order chi connectivity index (χ1) is 13.7. The number of nitrogens with zero attached hydrogens (tertiary/aromatic N) is 2. The first-order valence-corrected chi connectivity index (χ1v) is 11.0. The molecule has 2 amide bonds. The van der Waals surface area contributed by atoms with Crippen molar-refractivity contribution in [3.63, 3.8) is 0 Å². The molecule has 29 heavy (non-hydrogen) atoms. The lowest BCUT2D eigenvalue weighted by molar-refractivity contribution is -0.150. The molecule has 1 aliphatic heterocycles. The number of amides is 2. The van der Waals surface area contributed by atoms with Gasteiger partial charge in [0, 0.05) is 32.2 Å². The Bertz CT molecular complexity index is 838. The van der Waals surface area contributed by atoms with Crippen molar-refractivity contribution in [1.29, 1.82) is 0 Å². The molecule has 0 radical (unpaired) electrons. The van der Waals surface area contributed by atoms with Crippen molar-refractivity contribution >= 4 is 33.5 Å². The molecule has 0 atom stereocenters.